The van der Waals surface area contributed by atoms with Gasteiger partial charge in [0.05, 0.1) is 5.52 Å². The molecule has 0 unspecified atom stereocenters. The van der Waals surface area contributed by atoms with Crippen molar-refractivity contribution in [3.63, 3.8) is 0 Å². The second-order valence-electron chi connectivity index (χ2n) is 4.95. The number of pyridine rings is 1. The molecule has 1 fully saturated rings. The van der Waals surface area contributed by atoms with Gasteiger partial charge >= 0.3 is 0 Å². The molecule has 0 spiro atoms. The summed E-state index contributed by atoms with van der Waals surface area (Å²) in [6.07, 6.45) is 3.60. The molecule has 3 rings (SSSR count). The molecule has 1 aromatic carbocycles. The number of para-hydroxylation sites is 1. The molecule has 1 aliphatic heterocycles. The first-order valence-corrected chi connectivity index (χ1v) is 7.88. The highest BCUT2D eigenvalue weighted by atomic mass is 32.2. The minimum Gasteiger partial charge on any atom is -0.255 e. The average Bonchev–Trinajstić information content (AvgIpc) is 2.92. The lowest BCUT2D eigenvalue weighted by atomic mass is 10.2. The fourth-order valence-electron chi connectivity index (χ4n) is 2.52. The van der Waals surface area contributed by atoms with E-state index >= 15 is 0 Å². The molecule has 0 radical (unpaired) electrons. The van der Waals surface area contributed by atoms with Crippen LogP contribution in [0.25, 0.3) is 10.9 Å². The topological polar surface area (TPSA) is 50.3 Å². The third-order valence-corrected chi connectivity index (χ3v) is 5.42. The van der Waals surface area contributed by atoms with Crippen LogP contribution in [0, 0.1) is 6.92 Å². The average molecular weight is 276 g/mol. The summed E-state index contributed by atoms with van der Waals surface area (Å²) in [7, 11) is -3.41. The first kappa shape index (κ1) is 12.6. The van der Waals surface area contributed by atoms with Crippen molar-refractivity contribution >= 4 is 20.9 Å². The van der Waals surface area contributed by atoms with E-state index in [0.29, 0.717) is 23.5 Å². The Labute approximate surface area is 113 Å². The van der Waals surface area contributed by atoms with Crippen LogP contribution in [0.15, 0.2) is 35.4 Å². The highest BCUT2D eigenvalue weighted by Gasteiger charge is 2.28. The first-order valence-electron chi connectivity index (χ1n) is 6.44. The molecule has 4 nitrogen and oxygen atoms in total. The molecular formula is C14H16N2O2S. The minimum absolute atomic E-state index is 0.326. The van der Waals surface area contributed by atoms with E-state index in [2.05, 4.69) is 4.98 Å². The van der Waals surface area contributed by atoms with Crippen LogP contribution in [0.1, 0.15) is 18.4 Å². The van der Waals surface area contributed by atoms with E-state index in [1.807, 2.05) is 19.1 Å². The molecule has 0 aliphatic carbocycles. The Morgan fingerprint density at radius 1 is 1.21 bits per heavy atom. The normalized spacial score (nSPS) is 17.1. The molecule has 1 aliphatic rings. The number of hydrogen-bond donors (Lipinski definition) is 0. The lowest BCUT2D eigenvalue weighted by molar-refractivity contribution is 0.478. The quantitative estimate of drug-likeness (QED) is 0.846. The third kappa shape index (κ3) is 2.13. The van der Waals surface area contributed by atoms with Gasteiger partial charge in [-0.25, -0.2) is 8.42 Å². The molecule has 100 valence electrons. The van der Waals surface area contributed by atoms with Crippen LogP contribution in [0.3, 0.4) is 0 Å². The highest BCUT2D eigenvalue weighted by Crippen LogP contribution is 2.26. The minimum atomic E-state index is -3.41. The number of nitrogens with zero attached hydrogens (tertiary/aromatic N) is 2. The molecule has 0 bridgehead atoms. The van der Waals surface area contributed by atoms with Gasteiger partial charge in [-0.2, -0.15) is 4.31 Å². The Balaban J connectivity index is 2.19. The predicted octanol–water partition coefficient (Wildman–Crippen LogP) is 2.33. The maximum Gasteiger partial charge on any atom is 0.245 e. The summed E-state index contributed by atoms with van der Waals surface area (Å²) in [6.45, 7) is 3.18. The van der Waals surface area contributed by atoms with E-state index < -0.39 is 10.0 Å². The van der Waals surface area contributed by atoms with Crippen molar-refractivity contribution in [1.29, 1.82) is 0 Å². The number of fused-ring (bicyclic) bond motifs is 1. The number of aromatic nitrogens is 1. The summed E-state index contributed by atoms with van der Waals surface area (Å²) in [5.74, 6) is 0. The molecule has 1 saturated heterocycles. The van der Waals surface area contributed by atoms with E-state index in [0.717, 1.165) is 23.8 Å². The number of benzene rings is 1. The number of sulfonamides is 1. The van der Waals surface area contributed by atoms with E-state index in [1.54, 1.807) is 22.6 Å². The van der Waals surface area contributed by atoms with Crippen LogP contribution in [0.2, 0.25) is 0 Å². The van der Waals surface area contributed by atoms with Crippen molar-refractivity contribution < 1.29 is 8.42 Å². The monoisotopic (exact) mass is 276 g/mol. The molecule has 0 saturated carbocycles. The van der Waals surface area contributed by atoms with Crippen LogP contribution < -0.4 is 0 Å². The van der Waals surface area contributed by atoms with Crippen molar-refractivity contribution in [2.45, 2.75) is 24.7 Å². The second-order valence-corrected chi connectivity index (χ2v) is 6.86. The standard InChI is InChI=1S/C14H16N2O2S/c1-11-9-12-5-4-6-13(14(12)15-10-11)19(17,18)16-7-2-3-8-16/h4-6,9-10H,2-3,7-8H2,1H3. The Kier molecular flexibility index (Phi) is 3.03. The molecular weight excluding hydrogens is 260 g/mol. The van der Waals surface area contributed by atoms with Crippen LogP contribution in [0.5, 0.6) is 0 Å². The molecule has 19 heavy (non-hydrogen) atoms. The van der Waals surface area contributed by atoms with Crippen LogP contribution in [-0.2, 0) is 10.0 Å². The SMILES string of the molecule is Cc1cnc2c(S(=O)(=O)N3CCCC3)cccc2c1. The maximum atomic E-state index is 12.6. The summed E-state index contributed by atoms with van der Waals surface area (Å²) in [5, 5.41) is 0.875. The lowest BCUT2D eigenvalue weighted by Crippen LogP contribution is -2.28. The zero-order valence-electron chi connectivity index (χ0n) is 10.8. The van der Waals surface area contributed by atoms with Crippen molar-refractivity contribution in [3.05, 3.63) is 36.0 Å². The maximum absolute atomic E-state index is 12.6. The smallest absolute Gasteiger partial charge is 0.245 e. The second kappa shape index (κ2) is 4.58. The Morgan fingerprint density at radius 3 is 2.68 bits per heavy atom. The van der Waals surface area contributed by atoms with Gasteiger partial charge in [-0.15, -0.1) is 0 Å². The summed E-state index contributed by atoms with van der Waals surface area (Å²) < 4.78 is 26.8. The van der Waals surface area contributed by atoms with Gasteiger partial charge < -0.3 is 0 Å². The van der Waals surface area contributed by atoms with Gasteiger partial charge in [0, 0.05) is 24.7 Å². The first-order chi connectivity index (χ1) is 9.09. The molecule has 0 amide bonds. The largest absolute Gasteiger partial charge is 0.255 e. The van der Waals surface area contributed by atoms with Crippen LogP contribution in [0.4, 0.5) is 0 Å². The van der Waals surface area contributed by atoms with Gasteiger partial charge in [0.1, 0.15) is 4.90 Å². The van der Waals surface area contributed by atoms with Crippen molar-refractivity contribution in [2.24, 2.45) is 0 Å². The molecule has 2 aromatic rings. The molecule has 1 aromatic heterocycles. The zero-order valence-corrected chi connectivity index (χ0v) is 11.7. The molecule has 0 atom stereocenters. The number of hydrogen-bond acceptors (Lipinski definition) is 3. The summed E-state index contributed by atoms with van der Waals surface area (Å²) in [6, 6.07) is 7.30. The fourth-order valence-corrected chi connectivity index (χ4v) is 4.20. The fraction of sp³-hybridized carbons (Fsp3) is 0.357. The van der Waals surface area contributed by atoms with Crippen molar-refractivity contribution in [3.8, 4) is 0 Å². The Bertz CT molecular complexity index is 719. The van der Waals surface area contributed by atoms with E-state index in [4.69, 9.17) is 0 Å². The summed E-state index contributed by atoms with van der Waals surface area (Å²) in [4.78, 5) is 4.64. The van der Waals surface area contributed by atoms with Gasteiger partial charge in [-0.05, 0) is 37.5 Å². The highest BCUT2D eigenvalue weighted by molar-refractivity contribution is 7.89. The van der Waals surface area contributed by atoms with Gasteiger partial charge in [-0.3, -0.25) is 4.98 Å². The Morgan fingerprint density at radius 2 is 1.95 bits per heavy atom. The summed E-state index contributed by atoms with van der Waals surface area (Å²) in [5.41, 5.74) is 1.60. The van der Waals surface area contributed by atoms with Gasteiger partial charge in [0.2, 0.25) is 10.0 Å². The third-order valence-electron chi connectivity index (χ3n) is 3.49. The zero-order chi connectivity index (χ0) is 13.5. The van der Waals surface area contributed by atoms with E-state index in [9.17, 15) is 8.42 Å². The molecule has 2 heterocycles. The predicted molar refractivity (Wildman–Crippen MR) is 74.5 cm³/mol. The van der Waals surface area contributed by atoms with Crippen LogP contribution in [-0.4, -0.2) is 30.8 Å². The van der Waals surface area contributed by atoms with Gasteiger partial charge in [-0.1, -0.05) is 12.1 Å². The van der Waals surface area contributed by atoms with Crippen molar-refractivity contribution in [1.82, 2.24) is 9.29 Å². The lowest BCUT2D eigenvalue weighted by Gasteiger charge is -2.16. The van der Waals surface area contributed by atoms with E-state index in [1.165, 1.54) is 0 Å². The molecule has 0 N–H and O–H groups in total. The number of rotatable bonds is 2. The molecule has 5 heteroatoms. The Hall–Kier alpha value is -1.46. The van der Waals surface area contributed by atoms with E-state index in [-0.39, 0.29) is 0 Å². The number of aryl methyl sites for hydroxylation is 1. The van der Waals surface area contributed by atoms with Crippen molar-refractivity contribution in [2.75, 3.05) is 13.1 Å². The van der Waals surface area contributed by atoms with Gasteiger partial charge in [0.25, 0.3) is 0 Å². The van der Waals surface area contributed by atoms with Gasteiger partial charge in [0.15, 0.2) is 0 Å². The summed E-state index contributed by atoms with van der Waals surface area (Å²) >= 11 is 0. The van der Waals surface area contributed by atoms with Crippen LogP contribution >= 0.6 is 0 Å².